The summed E-state index contributed by atoms with van der Waals surface area (Å²) in [7, 11) is 1.70. The average molecular weight is 930 g/mol. The summed E-state index contributed by atoms with van der Waals surface area (Å²) in [6.45, 7) is 18.2. The summed E-state index contributed by atoms with van der Waals surface area (Å²) < 4.78 is 17.8. The van der Waals surface area contributed by atoms with Gasteiger partial charge in [0.05, 0.1) is 12.2 Å². The zero-order valence-electron chi connectivity index (χ0n) is 37.2. The fourth-order valence-electron chi connectivity index (χ4n) is 9.26. The molecular weight excluding hydrogens is 853 g/mol. The lowest BCUT2D eigenvalue weighted by atomic mass is 9.79. The van der Waals surface area contributed by atoms with Gasteiger partial charge in [-0.25, -0.2) is 4.79 Å². The third kappa shape index (κ3) is 14.2. The van der Waals surface area contributed by atoms with E-state index in [1.54, 1.807) is 40.9 Å². The second kappa shape index (κ2) is 23.5. The topological polar surface area (TPSA) is 157 Å². The first-order valence-corrected chi connectivity index (χ1v) is 23.4. The SMILES string of the molecule is COCC(C)[C@H](C)[C@@H](C)C[C@@H](C)C(=O)C[C@H](O)/C(C)=C/[C@@H](C)C(=O)C[C@H](OC(=O)[C@@H]1CCCCN1C(=O)C(=O)[C@]1(O)O[C@H](C)CC[C@H]1C)[C@H](C)C[C@@H]1CCCC(I)C1. The number of carbonyl (C=O) groups excluding carboxylic acids is 5. The molecule has 0 spiro atoms. The first kappa shape index (κ1) is 50.6. The standard InChI is InChI=1S/C46H76INO10/c1-27(35(9)32(6)26-56-10)20-28(2)39(49)24-40(50)29(3)21-30(4)41(51)25-42(31(5)22-36-14-13-15-37(47)23-36)57-45(54)38-16-11-12-19-48(38)44(53)43(52)46(55)33(7)17-18-34(8)58-46/h21,27-28,30-38,40,42,50,55H,11-20,22-26H2,1-10H3/b29-21+/t27-,28+,30+,31+,32?,33+,34+,35+,36-,37?,38-,40-,42-,46+/m0/s1. The lowest BCUT2D eigenvalue weighted by Crippen LogP contribution is -2.60. The molecule has 0 aromatic heterocycles. The number of alkyl halides is 1. The van der Waals surface area contributed by atoms with E-state index in [0.29, 0.717) is 78.3 Å². The molecule has 0 aromatic rings. The maximum Gasteiger partial charge on any atom is 0.329 e. The van der Waals surface area contributed by atoms with E-state index in [4.69, 9.17) is 14.2 Å². The van der Waals surface area contributed by atoms with Crippen molar-refractivity contribution in [3.8, 4) is 0 Å². The highest BCUT2D eigenvalue weighted by atomic mass is 127. The highest BCUT2D eigenvalue weighted by molar-refractivity contribution is 14.1. The largest absolute Gasteiger partial charge is 0.460 e. The average Bonchev–Trinajstić information content (AvgIpc) is 3.17. The summed E-state index contributed by atoms with van der Waals surface area (Å²) in [5.41, 5.74) is 0.543. The summed E-state index contributed by atoms with van der Waals surface area (Å²) in [4.78, 5) is 69.8. The number of aliphatic hydroxyl groups is 2. The van der Waals surface area contributed by atoms with Gasteiger partial charge in [0, 0.05) is 54.8 Å². The molecule has 1 saturated carbocycles. The number of hydrogen-bond donors (Lipinski definition) is 2. The van der Waals surface area contributed by atoms with E-state index in [0.717, 1.165) is 25.7 Å². The van der Waals surface area contributed by atoms with Crippen molar-refractivity contribution >= 4 is 51.8 Å². The zero-order chi connectivity index (χ0) is 43.5. The first-order valence-electron chi connectivity index (χ1n) is 22.2. The predicted octanol–water partition coefficient (Wildman–Crippen LogP) is 7.83. The fraction of sp³-hybridized carbons (Fsp3) is 0.848. The third-order valence-corrected chi connectivity index (χ3v) is 14.9. The van der Waals surface area contributed by atoms with E-state index < -0.39 is 59.6 Å². The minimum atomic E-state index is -2.26. The maximum absolute atomic E-state index is 14.1. The lowest BCUT2D eigenvalue weighted by molar-refractivity contribution is -0.259. The molecule has 332 valence electrons. The van der Waals surface area contributed by atoms with Crippen LogP contribution in [0.3, 0.4) is 0 Å². The van der Waals surface area contributed by atoms with Gasteiger partial charge in [-0.05, 0) is 107 Å². The van der Waals surface area contributed by atoms with Crippen LogP contribution in [0.2, 0.25) is 0 Å². The van der Waals surface area contributed by atoms with Gasteiger partial charge in [-0.1, -0.05) is 90.0 Å². The Balaban J connectivity index is 1.73. The van der Waals surface area contributed by atoms with E-state index in [1.165, 1.54) is 11.3 Å². The van der Waals surface area contributed by atoms with Crippen molar-refractivity contribution in [3.63, 3.8) is 0 Å². The van der Waals surface area contributed by atoms with Gasteiger partial charge < -0.3 is 29.3 Å². The molecule has 14 atom stereocenters. The normalized spacial score (nSPS) is 29.9. The molecule has 2 unspecified atom stereocenters. The molecule has 11 nitrogen and oxygen atoms in total. The number of esters is 1. The van der Waals surface area contributed by atoms with Crippen LogP contribution in [-0.4, -0.2) is 98.7 Å². The molecule has 2 heterocycles. The smallest absolute Gasteiger partial charge is 0.329 e. The van der Waals surface area contributed by atoms with E-state index >= 15 is 0 Å². The molecule has 1 amide bonds. The number of hydrogen-bond acceptors (Lipinski definition) is 10. The Bertz CT molecular complexity index is 1420. The van der Waals surface area contributed by atoms with Gasteiger partial charge in [0.15, 0.2) is 0 Å². The minimum Gasteiger partial charge on any atom is -0.460 e. The van der Waals surface area contributed by atoms with Crippen molar-refractivity contribution in [2.45, 2.75) is 180 Å². The number of carbonyl (C=O) groups is 5. The minimum absolute atomic E-state index is 0.0173. The molecule has 0 bridgehead atoms. The molecule has 2 N–H and O–H groups in total. The van der Waals surface area contributed by atoms with Crippen LogP contribution in [0.1, 0.15) is 146 Å². The van der Waals surface area contributed by atoms with Crippen LogP contribution in [0, 0.1) is 47.3 Å². The molecule has 3 rings (SSSR count). The zero-order valence-corrected chi connectivity index (χ0v) is 39.3. The summed E-state index contributed by atoms with van der Waals surface area (Å²) in [6.07, 6.45) is 8.11. The van der Waals surface area contributed by atoms with Crippen molar-refractivity contribution in [2.75, 3.05) is 20.3 Å². The fourth-order valence-corrected chi connectivity index (χ4v) is 10.4. The number of amides is 1. The van der Waals surface area contributed by atoms with Gasteiger partial charge in [-0.2, -0.15) is 0 Å². The summed E-state index contributed by atoms with van der Waals surface area (Å²) >= 11 is 2.50. The Labute approximate surface area is 362 Å². The van der Waals surface area contributed by atoms with Gasteiger partial charge in [-0.3, -0.25) is 19.2 Å². The van der Waals surface area contributed by atoms with Crippen molar-refractivity contribution < 1.29 is 48.4 Å². The molecular formula is C46H76INO10. The summed E-state index contributed by atoms with van der Waals surface area (Å²) in [5.74, 6) is -5.21. The number of halogens is 1. The number of nitrogens with zero attached hydrogens (tertiary/aromatic N) is 1. The highest BCUT2D eigenvalue weighted by Gasteiger charge is 2.52. The second-order valence-electron chi connectivity index (χ2n) is 18.7. The van der Waals surface area contributed by atoms with Crippen molar-refractivity contribution in [3.05, 3.63) is 11.6 Å². The van der Waals surface area contributed by atoms with Gasteiger partial charge in [0.2, 0.25) is 5.79 Å². The molecule has 1 aliphatic carbocycles. The summed E-state index contributed by atoms with van der Waals surface area (Å²) in [5, 5.41) is 22.4. The quantitative estimate of drug-likeness (QED) is 0.0383. The second-order valence-corrected chi connectivity index (χ2v) is 20.5. The molecule has 3 aliphatic rings. The Hall–Kier alpha value is -1.74. The number of ether oxygens (including phenoxy) is 3. The Kier molecular flexibility index (Phi) is 20.5. The first-order chi connectivity index (χ1) is 27.2. The van der Waals surface area contributed by atoms with Crippen LogP contribution < -0.4 is 0 Å². The van der Waals surface area contributed by atoms with Gasteiger partial charge >= 0.3 is 5.97 Å². The van der Waals surface area contributed by atoms with Crippen LogP contribution >= 0.6 is 22.6 Å². The molecule has 3 fully saturated rings. The number of ketones is 3. The van der Waals surface area contributed by atoms with Crippen LogP contribution in [0.4, 0.5) is 0 Å². The Morgan fingerprint density at radius 3 is 2.24 bits per heavy atom. The lowest BCUT2D eigenvalue weighted by Gasteiger charge is -2.41. The highest BCUT2D eigenvalue weighted by Crippen LogP contribution is 2.37. The molecule has 12 heteroatoms. The maximum atomic E-state index is 14.1. The summed E-state index contributed by atoms with van der Waals surface area (Å²) in [6, 6.07) is -1.03. The van der Waals surface area contributed by atoms with E-state index in [9.17, 15) is 34.2 Å². The molecule has 0 aromatic carbocycles. The number of likely N-dealkylation sites (tertiary alicyclic amines) is 1. The van der Waals surface area contributed by atoms with Crippen molar-refractivity contribution in [1.29, 1.82) is 0 Å². The Morgan fingerprint density at radius 2 is 1.59 bits per heavy atom. The third-order valence-electron chi connectivity index (χ3n) is 13.8. The van der Waals surface area contributed by atoms with Crippen molar-refractivity contribution in [2.24, 2.45) is 47.3 Å². The monoisotopic (exact) mass is 929 g/mol. The number of aliphatic hydroxyl groups excluding tert-OH is 1. The predicted molar refractivity (Wildman–Crippen MR) is 233 cm³/mol. The van der Waals surface area contributed by atoms with E-state index in [-0.39, 0.29) is 42.8 Å². The van der Waals surface area contributed by atoms with Crippen LogP contribution in [0.5, 0.6) is 0 Å². The van der Waals surface area contributed by atoms with Gasteiger partial charge in [0.25, 0.3) is 11.7 Å². The van der Waals surface area contributed by atoms with Crippen LogP contribution in [0.15, 0.2) is 11.6 Å². The molecule has 58 heavy (non-hydrogen) atoms. The van der Waals surface area contributed by atoms with Gasteiger partial charge in [0.1, 0.15) is 23.7 Å². The van der Waals surface area contributed by atoms with Gasteiger partial charge in [-0.15, -0.1) is 0 Å². The van der Waals surface area contributed by atoms with Crippen LogP contribution in [-0.2, 0) is 38.2 Å². The Morgan fingerprint density at radius 1 is 0.897 bits per heavy atom. The number of Topliss-reactive ketones (excluding diaryl/α,β-unsaturated/α-hetero) is 3. The molecule has 2 aliphatic heterocycles. The molecule has 0 radical (unpaired) electrons. The van der Waals surface area contributed by atoms with E-state index in [1.807, 2.05) is 13.8 Å². The molecule has 2 saturated heterocycles. The van der Waals surface area contributed by atoms with E-state index in [2.05, 4.69) is 43.4 Å². The number of piperidine rings is 1. The van der Waals surface area contributed by atoms with Crippen LogP contribution in [0.25, 0.3) is 0 Å². The van der Waals surface area contributed by atoms with Crippen molar-refractivity contribution in [1.82, 2.24) is 4.90 Å². The number of methoxy groups -OCH3 is 1. The number of rotatable bonds is 21. The number of allylic oxidation sites excluding steroid dienone is 1.